The molecule has 3 aromatic rings. The van der Waals surface area contributed by atoms with Gasteiger partial charge in [-0.15, -0.1) is 0 Å². The molecule has 0 saturated carbocycles. The Labute approximate surface area is 173 Å². The lowest BCUT2D eigenvalue weighted by molar-refractivity contribution is 0.0544. The number of aromatic nitrogens is 1. The van der Waals surface area contributed by atoms with Crippen LogP contribution in [0.5, 0.6) is 0 Å². The summed E-state index contributed by atoms with van der Waals surface area (Å²) in [5.41, 5.74) is 2.11. The van der Waals surface area contributed by atoms with Crippen LogP contribution in [-0.4, -0.2) is 47.0 Å². The van der Waals surface area contributed by atoms with E-state index in [1.807, 2.05) is 24.3 Å². The molecule has 0 aliphatic carbocycles. The molecular weight excluding hydrogens is 393 g/mol. The first-order valence-electron chi connectivity index (χ1n) is 9.53. The highest BCUT2D eigenvalue weighted by Crippen LogP contribution is 2.28. The van der Waals surface area contributed by atoms with Gasteiger partial charge in [-0.05, 0) is 30.7 Å². The summed E-state index contributed by atoms with van der Waals surface area (Å²) in [6.07, 6.45) is 0. The number of carbonyl (C=O) groups is 1. The Morgan fingerprint density at radius 2 is 1.86 bits per heavy atom. The Hall–Kier alpha value is -2.70. The van der Waals surface area contributed by atoms with Crippen molar-refractivity contribution in [1.29, 1.82) is 0 Å². The number of benzene rings is 2. The smallest absolute Gasteiger partial charge is 0.292 e. The topological polar surface area (TPSA) is 49.6 Å². The van der Waals surface area contributed by atoms with Crippen LogP contribution in [0.3, 0.4) is 0 Å². The molecule has 150 valence electrons. The number of carbonyl (C=O) groups excluding carboxylic acids is 1. The lowest BCUT2D eigenvalue weighted by atomic mass is 10.1. The molecule has 1 aromatic heterocycles. The van der Waals surface area contributed by atoms with Gasteiger partial charge in [0.1, 0.15) is 11.5 Å². The Morgan fingerprint density at radius 1 is 1.10 bits per heavy atom. The largest absolute Gasteiger partial charge is 0.350 e. The van der Waals surface area contributed by atoms with Crippen LogP contribution in [0.2, 0.25) is 5.02 Å². The van der Waals surface area contributed by atoms with Gasteiger partial charge in [-0.25, -0.2) is 4.39 Å². The van der Waals surface area contributed by atoms with Gasteiger partial charge in [0, 0.05) is 48.9 Å². The molecule has 4 rings (SSSR count). The fourth-order valence-corrected chi connectivity index (χ4v) is 3.93. The van der Waals surface area contributed by atoms with Crippen molar-refractivity contribution >= 4 is 17.5 Å². The second-order valence-electron chi connectivity index (χ2n) is 7.11. The minimum atomic E-state index is -0.359. The van der Waals surface area contributed by atoms with Crippen LogP contribution in [0.15, 0.2) is 59.1 Å². The zero-order chi connectivity index (χ0) is 20.4. The van der Waals surface area contributed by atoms with Crippen LogP contribution >= 0.6 is 11.6 Å². The van der Waals surface area contributed by atoms with E-state index in [9.17, 15) is 9.18 Å². The van der Waals surface area contributed by atoms with E-state index in [0.29, 0.717) is 24.3 Å². The number of hydrogen-bond acceptors (Lipinski definition) is 4. The quantitative estimate of drug-likeness (QED) is 0.624. The minimum absolute atomic E-state index is 0.164. The number of nitrogens with zero attached hydrogens (tertiary/aromatic N) is 3. The molecule has 1 amide bonds. The standard InChI is InChI=1S/C22H21ClFN3O2/c1-15(18-7-2-3-8-19(18)23)26-9-11-27(12-10-26)22(28)21-14-20(25-29-21)16-5-4-6-17(24)13-16/h2-8,13-15H,9-12H2,1H3. The maximum atomic E-state index is 13.4. The molecule has 0 N–H and O–H groups in total. The summed E-state index contributed by atoms with van der Waals surface area (Å²) >= 11 is 6.33. The second-order valence-corrected chi connectivity index (χ2v) is 7.52. The highest BCUT2D eigenvalue weighted by molar-refractivity contribution is 6.31. The SMILES string of the molecule is CC(c1ccccc1Cl)N1CCN(C(=O)c2cc(-c3cccc(F)c3)no2)CC1. The molecule has 0 bridgehead atoms. The molecule has 1 fully saturated rings. The Bertz CT molecular complexity index is 1010. The third kappa shape index (κ3) is 4.18. The molecule has 1 saturated heterocycles. The van der Waals surface area contributed by atoms with E-state index in [1.165, 1.54) is 12.1 Å². The van der Waals surface area contributed by atoms with E-state index in [-0.39, 0.29) is 23.5 Å². The summed E-state index contributed by atoms with van der Waals surface area (Å²) in [5.74, 6) is -0.399. The van der Waals surface area contributed by atoms with Gasteiger partial charge in [-0.3, -0.25) is 9.69 Å². The van der Waals surface area contributed by atoms with E-state index in [1.54, 1.807) is 23.1 Å². The number of amides is 1. The molecule has 7 heteroatoms. The first-order chi connectivity index (χ1) is 14.0. The van der Waals surface area contributed by atoms with E-state index < -0.39 is 0 Å². The molecule has 0 radical (unpaired) electrons. The van der Waals surface area contributed by atoms with Crippen molar-refractivity contribution in [2.24, 2.45) is 0 Å². The van der Waals surface area contributed by atoms with Crippen molar-refractivity contribution in [1.82, 2.24) is 15.0 Å². The highest BCUT2D eigenvalue weighted by atomic mass is 35.5. The first-order valence-corrected chi connectivity index (χ1v) is 9.91. The summed E-state index contributed by atoms with van der Waals surface area (Å²) < 4.78 is 18.7. The fourth-order valence-electron chi connectivity index (χ4n) is 3.64. The van der Waals surface area contributed by atoms with Crippen LogP contribution in [0.4, 0.5) is 4.39 Å². The Balaban J connectivity index is 1.40. The highest BCUT2D eigenvalue weighted by Gasteiger charge is 2.28. The van der Waals surface area contributed by atoms with Gasteiger partial charge in [0.15, 0.2) is 0 Å². The summed E-state index contributed by atoms with van der Waals surface area (Å²) in [4.78, 5) is 16.9. The first kappa shape index (κ1) is 19.6. The maximum Gasteiger partial charge on any atom is 0.292 e. The van der Waals surface area contributed by atoms with Crippen LogP contribution < -0.4 is 0 Å². The number of halogens is 2. The number of rotatable bonds is 4. The zero-order valence-corrected chi connectivity index (χ0v) is 16.8. The predicted molar refractivity (Wildman–Crippen MR) is 109 cm³/mol. The van der Waals surface area contributed by atoms with Gasteiger partial charge in [-0.1, -0.05) is 47.1 Å². The van der Waals surface area contributed by atoms with Crippen molar-refractivity contribution in [2.45, 2.75) is 13.0 Å². The summed E-state index contributed by atoms with van der Waals surface area (Å²) in [6, 6.07) is 15.6. The Morgan fingerprint density at radius 3 is 2.59 bits per heavy atom. The summed E-state index contributed by atoms with van der Waals surface area (Å²) in [5, 5.41) is 4.68. The molecule has 5 nitrogen and oxygen atoms in total. The average molecular weight is 414 g/mol. The third-order valence-electron chi connectivity index (χ3n) is 5.35. The van der Waals surface area contributed by atoms with Crippen LogP contribution in [-0.2, 0) is 0 Å². The van der Waals surface area contributed by atoms with Crippen LogP contribution in [0.25, 0.3) is 11.3 Å². The van der Waals surface area contributed by atoms with Crippen LogP contribution in [0.1, 0.15) is 29.1 Å². The minimum Gasteiger partial charge on any atom is -0.350 e. The number of piperazine rings is 1. The normalized spacial score (nSPS) is 16.0. The number of hydrogen-bond donors (Lipinski definition) is 0. The molecule has 1 aliphatic heterocycles. The molecule has 1 aliphatic rings. The van der Waals surface area contributed by atoms with Gasteiger partial charge in [0.25, 0.3) is 5.91 Å². The van der Waals surface area contributed by atoms with E-state index in [4.69, 9.17) is 16.1 Å². The molecule has 2 heterocycles. The van der Waals surface area contributed by atoms with Crippen molar-refractivity contribution in [3.63, 3.8) is 0 Å². The molecule has 1 atom stereocenters. The molecule has 2 aromatic carbocycles. The van der Waals surface area contributed by atoms with Gasteiger partial charge < -0.3 is 9.42 Å². The molecule has 0 spiro atoms. The molecular formula is C22H21ClFN3O2. The van der Waals surface area contributed by atoms with E-state index in [0.717, 1.165) is 23.7 Å². The lowest BCUT2D eigenvalue weighted by Gasteiger charge is -2.38. The van der Waals surface area contributed by atoms with E-state index >= 15 is 0 Å². The van der Waals surface area contributed by atoms with Crippen molar-refractivity contribution in [2.75, 3.05) is 26.2 Å². The summed E-state index contributed by atoms with van der Waals surface area (Å²) in [6.45, 7) is 4.78. The van der Waals surface area contributed by atoms with Gasteiger partial charge in [0.2, 0.25) is 5.76 Å². The van der Waals surface area contributed by atoms with Gasteiger partial charge in [-0.2, -0.15) is 0 Å². The van der Waals surface area contributed by atoms with Crippen LogP contribution in [0, 0.1) is 5.82 Å². The van der Waals surface area contributed by atoms with Gasteiger partial charge >= 0.3 is 0 Å². The third-order valence-corrected chi connectivity index (χ3v) is 5.69. The molecule has 1 unspecified atom stereocenters. The summed E-state index contributed by atoms with van der Waals surface area (Å²) in [7, 11) is 0. The fraction of sp³-hybridized carbons (Fsp3) is 0.273. The molecule has 29 heavy (non-hydrogen) atoms. The van der Waals surface area contributed by atoms with E-state index in [2.05, 4.69) is 17.0 Å². The average Bonchev–Trinajstić information content (AvgIpc) is 3.24. The Kier molecular flexibility index (Phi) is 5.65. The van der Waals surface area contributed by atoms with Gasteiger partial charge in [0.05, 0.1) is 0 Å². The lowest BCUT2D eigenvalue weighted by Crippen LogP contribution is -2.49. The zero-order valence-electron chi connectivity index (χ0n) is 16.0. The predicted octanol–water partition coefficient (Wildman–Crippen LogP) is 4.65. The van der Waals surface area contributed by atoms with Crippen molar-refractivity contribution < 1.29 is 13.7 Å². The van der Waals surface area contributed by atoms with Crippen molar-refractivity contribution in [3.05, 3.63) is 76.8 Å². The second kappa shape index (κ2) is 8.35. The monoisotopic (exact) mass is 413 g/mol. The van der Waals surface area contributed by atoms with Crippen molar-refractivity contribution in [3.8, 4) is 11.3 Å². The maximum absolute atomic E-state index is 13.4.